The van der Waals surface area contributed by atoms with Crippen molar-refractivity contribution in [3.05, 3.63) is 0 Å². The zero-order chi connectivity index (χ0) is 15.6. The summed E-state index contributed by atoms with van der Waals surface area (Å²) in [7, 11) is 1.54. The van der Waals surface area contributed by atoms with E-state index in [1.54, 1.807) is 4.90 Å². The van der Waals surface area contributed by atoms with Gasteiger partial charge in [-0.05, 0) is 25.7 Å². The average molecular weight is 310 g/mol. The summed E-state index contributed by atoms with van der Waals surface area (Å²) in [6.45, 7) is 3.96. The van der Waals surface area contributed by atoms with Gasteiger partial charge in [0.15, 0.2) is 0 Å². The first-order valence-corrected chi connectivity index (χ1v) is 8.30. The van der Waals surface area contributed by atoms with Gasteiger partial charge in [0.25, 0.3) is 0 Å². The number of hydrogen-bond acceptors (Lipinski definition) is 4. The number of likely N-dealkylation sites (tertiary alicyclic amines) is 2. The van der Waals surface area contributed by atoms with Gasteiger partial charge in [0.1, 0.15) is 12.2 Å². The number of nitrogens with zero attached hydrogens (tertiary/aromatic N) is 2. The first-order valence-electron chi connectivity index (χ1n) is 8.30. The highest BCUT2D eigenvalue weighted by molar-refractivity contribution is 5.78. The lowest BCUT2D eigenvalue weighted by Gasteiger charge is -2.53. The van der Waals surface area contributed by atoms with Gasteiger partial charge in [0, 0.05) is 32.5 Å². The van der Waals surface area contributed by atoms with E-state index in [-0.39, 0.29) is 18.1 Å². The molecule has 3 saturated heterocycles. The van der Waals surface area contributed by atoms with E-state index in [4.69, 9.17) is 9.47 Å². The Morgan fingerprint density at radius 1 is 1.41 bits per heavy atom. The summed E-state index contributed by atoms with van der Waals surface area (Å²) >= 11 is 0. The highest BCUT2D eigenvalue weighted by atomic mass is 16.5. The van der Waals surface area contributed by atoms with Crippen molar-refractivity contribution >= 4 is 11.8 Å². The third kappa shape index (κ3) is 3.27. The van der Waals surface area contributed by atoms with Crippen LogP contribution in [0.5, 0.6) is 0 Å². The third-order valence-electron chi connectivity index (χ3n) is 5.11. The lowest BCUT2D eigenvalue weighted by Crippen LogP contribution is -2.67. The number of piperidine rings is 1. The third-order valence-corrected chi connectivity index (χ3v) is 5.11. The molecule has 0 aromatic rings. The molecule has 0 bridgehead atoms. The number of carbonyl (C=O) groups excluding carboxylic acids is 2. The normalized spacial score (nSPS) is 27.9. The fourth-order valence-electron chi connectivity index (χ4n) is 3.72. The van der Waals surface area contributed by atoms with Crippen LogP contribution in [0.4, 0.5) is 0 Å². The first-order chi connectivity index (χ1) is 10.6. The summed E-state index contributed by atoms with van der Waals surface area (Å²) in [4.78, 5) is 27.4. The van der Waals surface area contributed by atoms with Crippen LogP contribution < -0.4 is 0 Å². The minimum atomic E-state index is -0.133. The minimum absolute atomic E-state index is 0.0396. The maximum Gasteiger partial charge on any atom is 0.248 e. The van der Waals surface area contributed by atoms with Crippen molar-refractivity contribution in [1.29, 1.82) is 0 Å². The van der Waals surface area contributed by atoms with Gasteiger partial charge < -0.3 is 19.3 Å². The Morgan fingerprint density at radius 2 is 2.23 bits per heavy atom. The lowest BCUT2D eigenvalue weighted by atomic mass is 9.82. The van der Waals surface area contributed by atoms with Crippen LogP contribution >= 0.6 is 0 Å². The van der Waals surface area contributed by atoms with E-state index in [0.29, 0.717) is 37.9 Å². The second kappa shape index (κ2) is 6.54. The molecule has 6 nitrogen and oxygen atoms in total. The van der Waals surface area contributed by atoms with Crippen molar-refractivity contribution < 1.29 is 19.1 Å². The maximum absolute atomic E-state index is 11.9. The molecule has 3 fully saturated rings. The SMILES string of the molecule is COCC(=O)N1CC2(CCC(CN3CCCCC3=O)CO2)C1. The monoisotopic (exact) mass is 310 g/mol. The Bertz CT molecular complexity index is 424. The Kier molecular flexibility index (Phi) is 4.68. The van der Waals surface area contributed by atoms with Gasteiger partial charge in [-0.2, -0.15) is 0 Å². The maximum atomic E-state index is 11.9. The molecule has 1 unspecified atom stereocenters. The standard InChI is InChI=1S/C16H26N2O4/c1-21-10-15(20)18-11-16(12-18)6-5-13(9-22-16)8-17-7-3-2-4-14(17)19/h13H,2-12H2,1H3. The van der Waals surface area contributed by atoms with Crippen LogP contribution in [0.3, 0.4) is 0 Å². The summed E-state index contributed by atoms with van der Waals surface area (Å²) in [6.07, 6.45) is 4.92. The Labute approximate surface area is 131 Å². The molecular weight excluding hydrogens is 284 g/mol. The van der Waals surface area contributed by atoms with Crippen LogP contribution in [0, 0.1) is 5.92 Å². The van der Waals surface area contributed by atoms with Crippen LogP contribution in [-0.2, 0) is 19.1 Å². The van der Waals surface area contributed by atoms with Crippen molar-refractivity contribution in [3.63, 3.8) is 0 Å². The summed E-state index contributed by atoms with van der Waals surface area (Å²) in [5.74, 6) is 0.778. The number of amides is 2. The molecule has 0 saturated carbocycles. The summed E-state index contributed by atoms with van der Waals surface area (Å²) in [6, 6.07) is 0. The fourth-order valence-corrected chi connectivity index (χ4v) is 3.72. The summed E-state index contributed by atoms with van der Waals surface area (Å²) in [5.41, 5.74) is -0.133. The Balaban J connectivity index is 1.42. The zero-order valence-electron chi connectivity index (χ0n) is 13.4. The van der Waals surface area contributed by atoms with Crippen LogP contribution in [-0.4, -0.2) is 73.7 Å². The Morgan fingerprint density at radius 3 is 2.86 bits per heavy atom. The molecular formula is C16H26N2O4. The Hall–Kier alpha value is -1.14. The smallest absolute Gasteiger partial charge is 0.248 e. The number of methoxy groups -OCH3 is 1. The van der Waals surface area contributed by atoms with Crippen molar-refractivity contribution in [2.24, 2.45) is 5.92 Å². The van der Waals surface area contributed by atoms with Gasteiger partial charge in [0.05, 0.1) is 19.7 Å². The molecule has 3 heterocycles. The van der Waals surface area contributed by atoms with Gasteiger partial charge >= 0.3 is 0 Å². The molecule has 6 heteroatoms. The highest BCUT2D eigenvalue weighted by Crippen LogP contribution is 2.36. The molecule has 0 aromatic heterocycles. The summed E-state index contributed by atoms with van der Waals surface area (Å²) in [5, 5.41) is 0. The van der Waals surface area contributed by atoms with Crippen molar-refractivity contribution in [2.45, 2.75) is 37.7 Å². The molecule has 0 N–H and O–H groups in total. The topological polar surface area (TPSA) is 59.1 Å². The molecule has 0 aliphatic carbocycles. The molecule has 0 radical (unpaired) electrons. The van der Waals surface area contributed by atoms with E-state index in [2.05, 4.69) is 0 Å². The second-order valence-corrected chi connectivity index (χ2v) is 6.88. The second-order valence-electron chi connectivity index (χ2n) is 6.88. The number of hydrogen-bond donors (Lipinski definition) is 0. The van der Waals surface area contributed by atoms with E-state index < -0.39 is 0 Å². The van der Waals surface area contributed by atoms with Crippen molar-refractivity contribution in [2.75, 3.05) is 46.5 Å². The zero-order valence-corrected chi connectivity index (χ0v) is 13.4. The van der Waals surface area contributed by atoms with Crippen molar-refractivity contribution in [3.8, 4) is 0 Å². The number of carbonyl (C=O) groups is 2. The average Bonchev–Trinajstić information content (AvgIpc) is 2.48. The molecule has 22 heavy (non-hydrogen) atoms. The summed E-state index contributed by atoms with van der Waals surface area (Å²) < 4.78 is 11.0. The highest BCUT2D eigenvalue weighted by Gasteiger charge is 2.48. The fraction of sp³-hybridized carbons (Fsp3) is 0.875. The molecule has 1 spiro atoms. The van der Waals surface area contributed by atoms with E-state index in [1.807, 2.05) is 4.90 Å². The lowest BCUT2D eigenvalue weighted by molar-refractivity contribution is -0.192. The van der Waals surface area contributed by atoms with Gasteiger partial charge in [-0.3, -0.25) is 9.59 Å². The van der Waals surface area contributed by atoms with E-state index in [1.165, 1.54) is 7.11 Å². The molecule has 124 valence electrons. The van der Waals surface area contributed by atoms with Gasteiger partial charge in [0.2, 0.25) is 11.8 Å². The molecule has 3 rings (SSSR count). The predicted molar refractivity (Wildman–Crippen MR) is 80.3 cm³/mol. The van der Waals surface area contributed by atoms with Crippen molar-refractivity contribution in [1.82, 2.24) is 9.80 Å². The van der Waals surface area contributed by atoms with Gasteiger partial charge in [-0.1, -0.05) is 0 Å². The van der Waals surface area contributed by atoms with Gasteiger partial charge in [-0.25, -0.2) is 0 Å². The molecule has 3 aliphatic rings. The van der Waals surface area contributed by atoms with Crippen LogP contribution in [0.25, 0.3) is 0 Å². The molecule has 1 atom stereocenters. The number of rotatable bonds is 4. The molecule has 0 aromatic carbocycles. The van der Waals surface area contributed by atoms with Crippen LogP contribution in [0.15, 0.2) is 0 Å². The first kappa shape index (κ1) is 15.7. The molecule has 2 amide bonds. The van der Waals surface area contributed by atoms with E-state index in [0.717, 1.165) is 38.8 Å². The van der Waals surface area contributed by atoms with Gasteiger partial charge in [-0.15, -0.1) is 0 Å². The van der Waals surface area contributed by atoms with E-state index >= 15 is 0 Å². The quantitative estimate of drug-likeness (QED) is 0.765. The van der Waals surface area contributed by atoms with Crippen LogP contribution in [0.2, 0.25) is 0 Å². The minimum Gasteiger partial charge on any atom is -0.375 e. The van der Waals surface area contributed by atoms with E-state index in [9.17, 15) is 9.59 Å². The number of ether oxygens (including phenoxy) is 2. The largest absolute Gasteiger partial charge is 0.375 e. The predicted octanol–water partition coefficient (Wildman–Crippen LogP) is 0.653. The van der Waals surface area contributed by atoms with Crippen LogP contribution in [0.1, 0.15) is 32.1 Å². The molecule has 3 aliphatic heterocycles.